The van der Waals surface area contributed by atoms with Gasteiger partial charge in [-0.1, -0.05) is 34.6 Å². The third-order valence-electron chi connectivity index (χ3n) is 2.92. The van der Waals surface area contributed by atoms with Gasteiger partial charge in [-0.25, -0.2) is 0 Å². The van der Waals surface area contributed by atoms with Crippen molar-refractivity contribution in [1.82, 2.24) is 4.90 Å². The Morgan fingerprint density at radius 3 is 2.06 bits per heavy atom. The molecule has 1 amide bonds. The van der Waals surface area contributed by atoms with Crippen LogP contribution < -0.4 is 11.5 Å². The number of nitrogens with zero attached hydrogens (tertiary/aromatic N) is 1. The maximum Gasteiger partial charge on any atom is 0.231 e. The van der Waals surface area contributed by atoms with E-state index < -0.39 is 0 Å². The lowest BCUT2D eigenvalue weighted by Crippen LogP contribution is -2.56. The van der Waals surface area contributed by atoms with Crippen molar-refractivity contribution in [2.75, 3.05) is 13.1 Å². The molecule has 0 saturated carbocycles. The van der Waals surface area contributed by atoms with Gasteiger partial charge in [-0.3, -0.25) is 9.69 Å². The molecule has 0 aliphatic carbocycles. The smallest absolute Gasteiger partial charge is 0.231 e. The van der Waals surface area contributed by atoms with E-state index >= 15 is 0 Å². The van der Waals surface area contributed by atoms with Crippen LogP contribution in [-0.2, 0) is 4.79 Å². The molecule has 2 atom stereocenters. The van der Waals surface area contributed by atoms with E-state index in [0.717, 1.165) is 13.0 Å². The monoisotopic (exact) mass is 229 g/mol. The van der Waals surface area contributed by atoms with Crippen LogP contribution >= 0.6 is 0 Å². The number of likely N-dealkylation sites (N-methyl/N-ethyl adjacent to an activating group) is 1. The van der Waals surface area contributed by atoms with Gasteiger partial charge in [-0.2, -0.15) is 0 Å². The fourth-order valence-corrected chi connectivity index (χ4v) is 2.29. The molecule has 4 N–H and O–H groups in total. The second kappa shape index (κ2) is 6.21. The van der Waals surface area contributed by atoms with Crippen molar-refractivity contribution in [2.45, 2.75) is 53.1 Å². The number of hydrogen-bond acceptors (Lipinski definition) is 3. The molecule has 0 aromatic heterocycles. The molecule has 0 aliphatic heterocycles. The highest BCUT2D eigenvalue weighted by Crippen LogP contribution is 2.27. The molecule has 0 aliphatic rings. The number of nitrogens with two attached hydrogens (primary N) is 2. The number of amides is 1. The Hall–Kier alpha value is -0.610. The number of primary amides is 1. The van der Waals surface area contributed by atoms with Gasteiger partial charge in [0.2, 0.25) is 5.91 Å². The molecule has 2 unspecified atom stereocenters. The highest BCUT2D eigenvalue weighted by Gasteiger charge is 2.34. The Bertz CT molecular complexity index is 223. The van der Waals surface area contributed by atoms with Gasteiger partial charge in [0.25, 0.3) is 0 Å². The summed E-state index contributed by atoms with van der Waals surface area (Å²) in [6.45, 7) is 11.6. The average Bonchev–Trinajstić information content (AvgIpc) is 2.13. The maximum atomic E-state index is 11.1. The van der Waals surface area contributed by atoms with Crippen molar-refractivity contribution < 1.29 is 4.79 Å². The van der Waals surface area contributed by atoms with E-state index in [9.17, 15) is 4.79 Å². The largest absolute Gasteiger partial charge is 0.369 e. The number of hydrogen-bond donors (Lipinski definition) is 2. The summed E-state index contributed by atoms with van der Waals surface area (Å²) in [6, 6.07) is 0.245. The van der Waals surface area contributed by atoms with Gasteiger partial charge >= 0.3 is 0 Å². The maximum absolute atomic E-state index is 11.1. The number of carbonyl (C=O) groups is 1. The van der Waals surface area contributed by atoms with Crippen molar-refractivity contribution in [1.29, 1.82) is 0 Å². The standard InChI is InChI=1S/C12H27N3O/c1-6-9(13)11(12(3,4)5)15(7-2)8-10(14)16/h9,11H,6-8,13H2,1-5H3,(H2,14,16). The van der Waals surface area contributed by atoms with Crippen LogP contribution in [0.3, 0.4) is 0 Å². The van der Waals surface area contributed by atoms with E-state index in [2.05, 4.69) is 32.6 Å². The quantitative estimate of drug-likeness (QED) is 0.712. The summed E-state index contributed by atoms with van der Waals surface area (Å²) in [5.41, 5.74) is 11.5. The summed E-state index contributed by atoms with van der Waals surface area (Å²) < 4.78 is 0. The van der Waals surface area contributed by atoms with E-state index in [0.29, 0.717) is 0 Å². The minimum Gasteiger partial charge on any atom is -0.369 e. The molecular weight excluding hydrogens is 202 g/mol. The first-order chi connectivity index (χ1) is 7.23. The third kappa shape index (κ3) is 4.49. The van der Waals surface area contributed by atoms with Crippen molar-refractivity contribution >= 4 is 5.91 Å². The highest BCUT2D eigenvalue weighted by atomic mass is 16.1. The number of carbonyl (C=O) groups excluding carboxylic acids is 1. The van der Waals surface area contributed by atoms with Crippen LogP contribution in [0.2, 0.25) is 0 Å². The van der Waals surface area contributed by atoms with Gasteiger partial charge in [0.15, 0.2) is 0 Å². The molecule has 0 fully saturated rings. The summed E-state index contributed by atoms with van der Waals surface area (Å²) >= 11 is 0. The summed E-state index contributed by atoms with van der Waals surface area (Å²) in [4.78, 5) is 13.1. The van der Waals surface area contributed by atoms with Crippen LogP contribution in [0.5, 0.6) is 0 Å². The molecule has 0 aromatic rings. The van der Waals surface area contributed by atoms with Crippen LogP contribution in [0.1, 0.15) is 41.0 Å². The molecule has 4 nitrogen and oxygen atoms in total. The van der Waals surface area contributed by atoms with Crippen LogP contribution in [0, 0.1) is 5.41 Å². The predicted molar refractivity (Wildman–Crippen MR) is 68.0 cm³/mol. The Balaban J connectivity index is 4.91. The normalized spacial score (nSPS) is 16.2. The fraction of sp³-hybridized carbons (Fsp3) is 0.917. The predicted octanol–water partition coefficient (Wildman–Crippen LogP) is 0.946. The highest BCUT2D eigenvalue weighted by molar-refractivity contribution is 5.76. The van der Waals surface area contributed by atoms with Crippen LogP contribution in [0.4, 0.5) is 0 Å². The molecule has 0 radical (unpaired) electrons. The summed E-state index contributed by atoms with van der Waals surface area (Å²) in [6.07, 6.45) is 0.900. The zero-order chi connectivity index (χ0) is 12.9. The molecule has 0 heterocycles. The minimum atomic E-state index is -0.292. The van der Waals surface area contributed by atoms with Gasteiger partial charge < -0.3 is 11.5 Å². The number of rotatable bonds is 6. The van der Waals surface area contributed by atoms with Crippen LogP contribution in [0.25, 0.3) is 0 Å². The lowest BCUT2D eigenvalue weighted by molar-refractivity contribution is -0.120. The van der Waals surface area contributed by atoms with Gasteiger partial charge in [-0.05, 0) is 18.4 Å². The van der Waals surface area contributed by atoms with E-state index in [1.807, 2.05) is 6.92 Å². The lowest BCUT2D eigenvalue weighted by atomic mass is 9.80. The molecule has 0 saturated heterocycles. The molecule has 96 valence electrons. The van der Waals surface area contributed by atoms with Gasteiger partial charge in [0.05, 0.1) is 6.54 Å². The zero-order valence-corrected chi connectivity index (χ0v) is 11.3. The Morgan fingerprint density at radius 2 is 1.81 bits per heavy atom. The zero-order valence-electron chi connectivity index (χ0n) is 11.3. The lowest BCUT2D eigenvalue weighted by Gasteiger charge is -2.42. The summed E-state index contributed by atoms with van der Waals surface area (Å²) in [7, 11) is 0. The Labute approximate surface area is 99.4 Å². The molecular formula is C12H27N3O. The van der Waals surface area contributed by atoms with E-state index in [-0.39, 0.29) is 30.0 Å². The van der Waals surface area contributed by atoms with Crippen molar-refractivity contribution in [2.24, 2.45) is 16.9 Å². The molecule has 0 aromatic carbocycles. The van der Waals surface area contributed by atoms with Crippen LogP contribution in [-0.4, -0.2) is 36.0 Å². The first-order valence-electron chi connectivity index (χ1n) is 6.01. The first-order valence-corrected chi connectivity index (χ1v) is 6.01. The second-order valence-corrected chi connectivity index (χ2v) is 5.41. The van der Waals surface area contributed by atoms with Gasteiger partial charge in [0, 0.05) is 12.1 Å². The van der Waals surface area contributed by atoms with E-state index in [1.165, 1.54) is 0 Å². The molecule has 0 rings (SSSR count). The van der Waals surface area contributed by atoms with Crippen molar-refractivity contribution in [3.8, 4) is 0 Å². The second-order valence-electron chi connectivity index (χ2n) is 5.41. The summed E-state index contributed by atoms with van der Waals surface area (Å²) in [5.74, 6) is -0.292. The molecule has 4 heteroatoms. The molecule has 0 bridgehead atoms. The third-order valence-corrected chi connectivity index (χ3v) is 2.92. The fourth-order valence-electron chi connectivity index (χ4n) is 2.29. The van der Waals surface area contributed by atoms with Crippen molar-refractivity contribution in [3.05, 3.63) is 0 Å². The SMILES string of the molecule is CCC(N)C(N(CC)CC(N)=O)C(C)(C)C. The Morgan fingerprint density at radius 1 is 1.31 bits per heavy atom. The van der Waals surface area contributed by atoms with Gasteiger partial charge in [0.1, 0.15) is 0 Å². The van der Waals surface area contributed by atoms with E-state index in [1.54, 1.807) is 0 Å². The van der Waals surface area contributed by atoms with Crippen LogP contribution in [0.15, 0.2) is 0 Å². The van der Waals surface area contributed by atoms with Crippen molar-refractivity contribution in [3.63, 3.8) is 0 Å². The average molecular weight is 229 g/mol. The minimum absolute atomic E-state index is 0.0425. The Kier molecular flexibility index (Phi) is 5.97. The first kappa shape index (κ1) is 15.4. The molecule has 0 spiro atoms. The van der Waals surface area contributed by atoms with E-state index in [4.69, 9.17) is 11.5 Å². The topological polar surface area (TPSA) is 72.3 Å². The molecule has 16 heavy (non-hydrogen) atoms. The summed E-state index contributed by atoms with van der Waals surface area (Å²) in [5, 5.41) is 0. The van der Waals surface area contributed by atoms with Gasteiger partial charge in [-0.15, -0.1) is 0 Å².